The monoisotopic (exact) mass is 142 g/mol. The number of thioether (sulfide) groups is 1. The number of hydrogen-bond donors (Lipinski definition) is 0. The van der Waals surface area contributed by atoms with Gasteiger partial charge in [0, 0.05) is 0 Å². The highest BCUT2D eigenvalue weighted by Gasteiger charge is 2.18. The highest BCUT2D eigenvalue weighted by atomic mass is 32.2. The summed E-state index contributed by atoms with van der Waals surface area (Å²) in [5.74, 6) is 1.69. The summed E-state index contributed by atoms with van der Waals surface area (Å²) >= 11 is 1.90. The molecule has 0 bridgehead atoms. The quantitative estimate of drug-likeness (QED) is 0.542. The molecule has 1 unspecified atom stereocenters. The fourth-order valence-electron chi connectivity index (χ4n) is 1.18. The second kappa shape index (κ2) is 2.78. The SMILES string of the molecule is CSC1=CC(C)[C@@H](C)C1. The van der Waals surface area contributed by atoms with Gasteiger partial charge in [0.05, 0.1) is 0 Å². The Balaban J connectivity index is 2.52. The summed E-state index contributed by atoms with van der Waals surface area (Å²) in [4.78, 5) is 1.58. The molecule has 1 aliphatic carbocycles. The number of hydrogen-bond acceptors (Lipinski definition) is 1. The Morgan fingerprint density at radius 2 is 2.22 bits per heavy atom. The first-order chi connectivity index (χ1) is 4.24. The molecule has 0 radical (unpaired) electrons. The van der Waals surface area contributed by atoms with Crippen LogP contribution in [0.3, 0.4) is 0 Å². The van der Waals surface area contributed by atoms with E-state index in [0.717, 1.165) is 11.8 Å². The fraction of sp³-hybridized carbons (Fsp3) is 0.750. The summed E-state index contributed by atoms with van der Waals surface area (Å²) in [6, 6.07) is 0. The Bertz CT molecular complexity index is 127. The van der Waals surface area contributed by atoms with Crippen LogP contribution in [-0.4, -0.2) is 6.26 Å². The lowest BCUT2D eigenvalue weighted by molar-refractivity contribution is 0.497. The molecule has 0 nitrogen and oxygen atoms in total. The van der Waals surface area contributed by atoms with Crippen molar-refractivity contribution in [1.29, 1.82) is 0 Å². The zero-order valence-corrected chi connectivity index (χ0v) is 7.16. The molecule has 0 aromatic rings. The topological polar surface area (TPSA) is 0 Å². The molecule has 1 aliphatic rings. The van der Waals surface area contributed by atoms with Gasteiger partial charge in [-0.3, -0.25) is 0 Å². The summed E-state index contributed by atoms with van der Waals surface area (Å²) in [5, 5.41) is 0. The minimum atomic E-state index is 0.812. The van der Waals surface area contributed by atoms with E-state index in [4.69, 9.17) is 0 Å². The van der Waals surface area contributed by atoms with Crippen LogP contribution in [0.15, 0.2) is 11.0 Å². The van der Waals surface area contributed by atoms with Gasteiger partial charge in [-0.25, -0.2) is 0 Å². The maximum atomic E-state index is 2.40. The number of rotatable bonds is 1. The van der Waals surface area contributed by atoms with Crippen LogP contribution in [0.1, 0.15) is 20.3 Å². The van der Waals surface area contributed by atoms with Crippen molar-refractivity contribution in [3.05, 3.63) is 11.0 Å². The third-order valence-electron chi connectivity index (χ3n) is 2.13. The molecule has 9 heavy (non-hydrogen) atoms. The average Bonchev–Trinajstić information content (AvgIpc) is 2.13. The molecule has 1 rings (SSSR count). The third kappa shape index (κ3) is 1.51. The Labute approximate surface area is 61.7 Å². The maximum Gasteiger partial charge on any atom is -0.0140 e. The van der Waals surface area contributed by atoms with Gasteiger partial charge in [0.1, 0.15) is 0 Å². The molecule has 0 aromatic heterocycles. The van der Waals surface area contributed by atoms with Crippen molar-refractivity contribution >= 4 is 11.8 Å². The first kappa shape index (κ1) is 7.20. The minimum absolute atomic E-state index is 0.812. The Hall–Kier alpha value is 0.0900. The molecular formula is C8H14S. The largest absolute Gasteiger partial charge is 0.134 e. The smallest absolute Gasteiger partial charge is 0.0140 e. The molecule has 2 atom stereocenters. The van der Waals surface area contributed by atoms with Gasteiger partial charge in [0.25, 0.3) is 0 Å². The van der Waals surface area contributed by atoms with Crippen molar-refractivity contribution in [3.63, 3.8) is 0 Å². The highest BCUT2D eigenvalue weighted by Crippen LogP contribution is 2.34. The summed E-state index contributed by atoms with van der Waals surface area (Å²) in [5.41, 5.74) is 0. The van der Waals surface area contributed by atoms with Crippen LogP contribution in [-0.2, 0) is 0 Å². The standard InChI is InChI=1S/C8H14S/c1-6-4-8(9-3)5-7(6)2/h4,6-7H,5H2,1-3H3/t6?,7-/m0/s1. The normalized spacial score (nSPS) is 34.8. The Morgan fingerprint density at radius 1 is 1.56 bits per heavy atom. The van der Waals surface area contributed by atoms with E-state index in [1.807, 2.05) is 11.8 Å². The summed E-state index contributed by atoms with van der Waals surface area (Å²) in [7, 11) is 0. The lowest BCUT2D eigenvalue weighted by atomic mass is 10.0. The third-order valence-corrected chi connectivity index (χ3v) is 2.96. The highest BCUT2D eigenvalue weighted by molar-refractivity contribution is 8.02. The lowest BCUT2D eigenvalue weighted by Gasteiger charge is -2.05. The molecule has 0 amide bonds. The molecule has 0 aromatic carbocycles. The van der Waals surface area contributed by atoms with Gasteiger partial charge in [0.2, 0.25) is 0 Å². The van der Waals surface area contributed by atoms with Crippen LogP contribution in [0.25, 0.3) is 0 Å². The molecule has 1 heteroatoms. The van der Waals surface area contributed by atoms with Crippen LogP contribution in [0, 0.1) is 11.8 Å². The molecule has 0 N–H and O–H groups in total. The lowest BCUT2D eigenvalue weighted by Crippen LogP contribution is -1.96. The van der Waals surface area contributed by atoms with E-state index in [1.54, 1.807) is 4.91 Å². The van der Waals surface area contributed by atoms with Crippen LogP contribution in [0.4, 0.5) is 0 Å². The average molecular weight is 142 g/mol. The maximum absolute atomic E-state index is 2.40. The molecule has 0 fully saturated rings. The van der Waals surface area contributed by atoms with Gasteiger partial charge in [-0.15, -0.1) is 11.8 Å². The molecule has 0 saturated carbocycles. The fourth-order valence-corrected chi connectivity index (χ4v) is 1.96. The van der Waals surface area contributed by atoms with E-state index < -0.39 is 0 Å². The predicted molar refractivity (Wildman–Crippen MR) is 44.5 cm³/mol. The van der Waals surface area contributed by atoms with E-state index in [2.05, 4.69) is 26.2 Å². The summed E-state index contributed by atoms with van der Waals surface area (Å²) in [6.45, 7) is 4.62. The summed E-state index contributed by atoms with van der Waals surface area (Å²) in [6.07, 6.45) is 5.87. The zero-order valence-electron chi connectivity index (χ0n) is 6.35. The predicted octanol–water partition coefficient (Wildman–Crippen LogP) is 2.91. The number of allylic oxidation sites excluding steroid dienone is 2. The van der Waals surface area contributed by atoms with Crippen LogP contribution >= 0.6 is 11.8 Å². The van der Waals surface area contributed by atoms with Gasteiger partial charge < -0.3 is 0 Å². The van der Waals surface area contributed by atoms with Gasteiger partial charge in [-0.1, -0.05) is 19.9 Å². The van der Waals surface area contributed by atoms with Gasteiger partial charge >= 0.3 is 0 Å². The van der Waals surface area contributed by atoms with Crippen molar-refractivity contribution < 1.29 is 0 Å². The molecule has 0 aliphatic heterocycles. The van der Waals surface area contributed by atoms with E-state index in [9.17, 15) is 0 Å². The van der Waals surface area contributed by atoms with E-state index >= 15 is 0 Å². The second-order valence-electron chi connectivity index (χ2n) is 2.88. The summed E-state index contributed by atoms with van der Waals surface area (Å²) < 4.78 is 0. The van der Waals surface area contributed by atoms with E-state index in [1.165, 1.54) is 6.42 Å². The van der Waals surface area contributed by atoms with E-state index in [-0.39, 0.29) is 0 Å². The van der Waals surface area contributed by atoms with Gasteiger partial charge in [-0.05, 0) is 29.4 Å². The van der Waals surface area contributed by atoms with Crippen LogP contribution in [0.2, 0.25) is 0 Å². The van der Waals surface area contributed by atoms with Crippen molar-refractivity contribution in [3.8, 4) is 0 Å². The van der Waals surface area contributed by atoms with E-state index in [0.29, 0.717) is 0 Å². The first-order valence-corrected chi connectivity index (χ1v) is 4.71. The van der Waals surface area contributed by atoms with Crippen molar-refractivity contribution in [1.82, 2.24) is 0 Å². The van der Waals surface area contributed by atoms with Crippen molar-refractivity contribution in [2.45, 2.75) is 20.3 Å². The second-order valence-corrected chi connectivity index (χ2v) is 3.81. The molecule has 52 valence electrons. The zero-order chi connectivity index (χ0) is 6.85. The molecule has 0 saturated heterocycles. The van der Waals surface area contributed by atoms with Crippen LogP contribution < -0.4 is 0 Å². The Morgan fingerprint density at radius 3 is 2.44 bits per heavy atom. The Kier molecular flexibility index (Phi) is 2.23. The molecule has 0 spiro atoms. The van der Waals surface area contributed by atoms with Crippen LogP contribution in [0.5, 0.6) is 0 Å². The first-order valence-electron chi connectivity index (χ1n) is 3.48. The molecule has 0 heterocycles. The van der Waals surface area contributed by atoms with Crippen molar-refractivity contribution in [2.75, 3.05) is 6.26 Å². The molecular weight excluding hydrogens is 128 g/mol. The minimum Gasteiger partial charge on any atom is -0.134 e. The van der Waals surface area contributed by atoms with Gasteiger partial charge in [-0.2, -0.15) is 0 Å². The van der Waals surface area contributed by atoms with Gasteiger partial charge in [0.15, 0.2) is 0 Å². The van der Waals surface area contributed by atoms with Crippen molar-refractivity contribution in [2.24, 2.45) is 11.8 Å².